The molecule has 1 aliphatic rings. The standard InChI is InChI=1S/C11H14Cl2N2O3S/c12-8-2-1-7(5-9(8)13)11-10(15-19(16)17)6-14-3-4-18-11/h1-2,5,10-11,14,19H,3-4,6H2,(H,15,16,17)/t10-,11+/m0/s1. The van der Waals surface area contributed by atoms with Crippen LogP contribution in [-0.4, -0.2) is 34.2 Å². The molecule has 19 heavy (non-hydrogen) atoms. The molecule has 1 heterocycles. The molecule has 2 rings (SSSR count). The summed E-state index contributed by atoms with van der Waals surface area (Å²) < 4.78 is 29.9. The van der Waals surface area contributed by atoms with Crippen LogP contribution in [0.1, 0.15) is 11.7 Å². The van der Waals surface area contributed by atoms with Gasteiger partial charge in [-0.2, -0.15) is 0 Å². The smallest absolute Gasteiger partial charge is 0.201 e. The molecule has 0 aliphatic carbocycles. The van der Waals surface area contributed by atoms with Gasteiger partial charge < -0.3 is 10.1 Å². The monoisotopic (exact) mass is 324 g/mol. The minimum absolute atomic E-state index is 0.374. The molecule has 0 unspecified atom stereocenters. The van der Waals surface area contributed by atoms with E-state index in [-0.39, 0.29) is 6.04 Å². The molecule has 1 saturated heterocycles. The zero-order valence-electron chi connectivity index (χ0n) is 9.94. The third kappa shape index (κ3) is 4.05. The number of thiol groups is 1. The van der Waals surface area contributed by atoms with Gasteiger partial charge in [0.1, 0.15) is 6.10 Å². The SMILES string of the molecule is O=[SH](=O)N[C@H]1CNCCO[C@@H]1c1ccc(Cl)c(Cl)c1. The van der Waals surface area contributed by atoms with Crippen LogP contribution in [0.3, 0.4) is 0 Å². The maximum absolute atomic E-state index is 10.9. The number of benzene rings is 1. The highest BCUT2D eigenvalue weighted by atomic mass is 35.5. The average Bonchev–Trinajstić information content (AvgIpc) is 2.57. The van der Waals surface area contributed by atoms with Crippen LogP contribution in [0, 0.1) is 0 Å². The first kappa shape index (κ1) is 15.0. The quantitative estimate of drug-likeness (QED) is 0.729. The van der Waals surface area contributed by atoms with Crippen LogP contribution in [-0.2, 0) is 15.6 Å². The van der Waals surface area contributed by atoms with Crippen molar-refractivity contribution in [3.63, 3.8) is 0 Å². The fourth-order valence-corrected chi connectivity index (χ4v) is 2.81. The van der Waals surface area contributed by atoms with Crippen molar-refractivity contribution in [1.82, 2.24) is 10.0 Å². The van der Waals surface area contributed by atoms with Gasteiger partial charge in [-0.15, -0.1) is 0 Å². The second-order valence-electron chi connectivity index (χ2n) is 4.16. The zero-order chi connectivity index (χ0) is 13.8. The van der Waals surface area contributed by atoms with E-state index in [1.165, 1.54) is 0 Å². The first-order chi connectivity index (χ1) is 9.08. The van der Waals surface area contributed by atoms with E-state index in [0.29, 0.717) is 29.7 Å². The van der Waals surface area contributed by atoms with Crippen LogP contribution in [0.5, 0.6) is 0 Å². The maximum Gasteiger partial charge on any atom is 0.201 e. The lowest BCUT2D eigenvalue weighted by molar-refractivity contribution is 0.0495. The second kappa shape index (κ2) is 6.88. The highest BCUT2D eigenvalue weighted by molar-refractivity contribution is 7.70. The molecule has 1 aliphatic heterocycles. The van der Waals surface area contributed by atoms with Crippen molar-refractivity contribution >= 4 is 34.1 Å². The van der Waals surface area contributed by atoms with E-state index in [1.807, 2.05) is 0 Å². The largest absolute Gasteiger partial charge is 0.370 e. The van der Waals surface area contributed by atoms with Crippen molar-refractivity contribution in [1.29, 1.82) is 0 Å². The van der Waals surface area contributed by atoms with Crippen LogP contribution in [0.15, 0.2) is 18.2 Å². The molecule has 2 N–H and O–H groups in total. The van der Waals surface area contributed by atoms with Crippen molar-refractivity contribution < 1.29 is 13.2 Å². The highest BCUT2D eigenvalue weighted by Crippen LogP contribution is 2.29. The Balaban J connectivity index is 2.27. The molecule has 8 heteroatoms. The minimum Gasteiger partial charge on any atom is -0.370 e. The first-order valence-electron chi connectivity index (χ1n) is 5.76. The Kier molecular flexibility index (Phi) is 5.44. The number of rotatable bonds is 3. The van der Waals surface area contributed by atoms with E-state index in [1.54, 1.807) is 18.2 Å². The molecule has 1 aromatic carbocycles. The Morgan fingerprint density at radius 3 is 2.79 bits per heavy atom. The van der Waals surface area contributed by atoms with Gasteiger partial charge in [0, 0.05) is 13.1 Å². The van der Waals surface area contributed by atoms with E-state index in [4.69, 9.17) is 27.9 Å². The lowest BCUT2D eigenvalue weighted by Crippen LogP contribution is -2.40. The minimum atomic E-state index is -2.70. The van der Waals surface area contributed by atoms with Crippen LogP contribution >= 0.6 is 23.2 Å². The molecular weight excluding hydrogens is 311 g/mol. The van der Waals surface area contributed by atoms with Gasteiger partial charge in [0.05, 0.1) is 22.7 Å². The topological polar surface area (TPSA) is 67.4 Å². The maximum atomic E-state index is 10.9. The number of hydrogen-bond donors (Lipinski definition) is 3. The Morgan fingerprint density at radius 1 is 1.32 bits per heavy atom. The van der Waals surface area contributed by atoms with Crippen LogP contribution in [0.4, 0.5) is 0 Å². The predicted octanol–water partition coefficient (Wildman–Crippen LogP) is 1.14. The fraction of sp³-hybridized carbons (Fsp3) is 0.455. The van der Waals surface area contributed by atoms with Gasteiger partial charge in [0.2, 0.25) is 10.9 Å². The summed E-state index contributed by atoms with van der Waals surface area (Å²) in [7, 11) is -2.70. The average molecular weight is 325 g/mol. The summed E-state index contributed by atoms with van der Waals surface area (Å²) in [5, 5.41) is 3.99. The van der Waals surface area contributed by atoms with Crippen molar-refractivity contribution in [2.45, 2.75) is 12.1 Å². The van der Waals surface area contributed by atoms with Crippen LogP contribution < -0.4 is 10.0 Å². The third-order valence-corrected chi connectivity index (χ3v) is 4.13. The van der Waals surface area contributed by atoms with E-state index in [9.17, 15) is 8.42 Å². The van der Waals surface area contributed by atoms with Gasteiger partial charge in [-0.25, -0.2) is 13.1 Å². The van der Waals surface area contributed by atoms with Crippen molar-refractivity contribution in [2.24, 2.45) is 0 Å². The van der Waals surface area contributed by atoms with Gasteiger partial charge >= 0.3 is 0 Å². The lowest BCUT2D eigenvalue weighted by atomic mass is 10.0. The summed E-state index contributed by atoms with van der Waals surface area (Å²) in [6.07, 6.45) is -0.391. The highest BCUT2D eigenvalue weighted by Gasteiger charge is 2.26. The molecule has 0 bridgehead atoms. The Bertz CT molecular complexity index is 517. The summed E-state index contributed by atoms with van der Waals surface area (Å²) in [6, 6.07) is 4.79. The van der Waals surface area contributed by atoms with Crippen molar-refractivity contribution in [3.05, 3.63) is 33.8 Å². The summed E-state index contributed by atoms with van der Waals surface area (Å²) in [5.74, 6) is 0. The zero-order valence-corrected chi connectivity index (χ0v) is 12.3. The molecule has 5 nitrogen and oxygen atoms in total. The predicted molar refractivity (Wildman–Crippen MR) is 75.3 cm³/mol. The lowest BCUT2D eigenvalue weighted by Gasteiger charge is -2.24. The first-order valence-corrected chi connectivity index (χ1v) is 7.69. The number of ether oxygens (including phenoxy) is 1. The van der Waals surface area contributed by atoms with Crippen LogP contribution in [0.2, 0.25) is 10.0 Å². The Morgan fingerprint density at radius 2 is 2.11 bits per heavy atom. The number of hydrogen-bond acceptors (Lipinski definition) is 4. The molecule has 1 aromatic rings. The molecule has 1 fully saturated rings. The Hall–Kier alpha value is -0.370. The summed E-state index contributed by atoms with van der Waals surface area (Å²) >= 11 is 11.9. The van der Waals surface area contributed by atoms with Crippen molar-refractivity contribution in [2.75, 3.05) is 19.7 Å². The van der Waals surface area contributed by atoms with E-state index >= 15 is 0 Å². The molecule has 0 saturated carbocycles. The Labute approximate surface area is 123 Å². The molecule has 2 atom stereocenters. The van der Waals surface area contributed by atoms with E-state index < -0.39 is 17.0 Å². The molecule has 0 aromatic heterocycles. The summed E-state index contributed by atoms with van der Waals surface area (Å²) in [5.41, 5.74) is 0.799. The van der Waals surface area contributed by atoms with Gasteiger partial charge in [-0.1, -0.05) is 29.3 Å². The number of nitrogens with one attached hydrogen (secondary N) is 2. The normalized spacial score (nSPS) is 24.4. The van der Waals surface area contributed by atoms with E-state index in [0.717, 1.165) is 5.56 Å². The molecule has 0 amide bonds. The van der Waals surface area contributed by atoms with Crippen LogP contribution in [0.25, 0.3) is 0 Å². The molecule has 0 spiro atoms. The van der Waals surface area contributed by atoms with Gasteiger partial charge in [0.15, 0.2) is 0 Å². The summed E-state index contributed by atoms with van der Waals surface area (Å²) in [4.78, 5) is 0. The summed E-state index contributed by atoms with van der Waals surface area (Å²) in [6.45, 7) is 1.67. The molecular formula is C11H14Cl2N2O3S. The van der Waals surface area contributed by atoms with Crippen molar-refractivity contribution in [3.8, 4) is 0 Å². The third-order valence-electron chi connectivity index (χ3n) is 2.85. The number of halogens is 2. The second-order valence-corrected chi connectivity index (χ2v) is 5.75. The molecule has 106 valence electrons. The van der Waals surface area contributed by atoms with Gasteiger partial charge in [-0.05, 0) is 17.7 Å². The fourth-order valence-electron chi connectivity index (χ4n) is 2.01. The molecule has 0 radical (unpaired) electrons. The van der Waals surface area contributed by atoms with Gasteiger partial charge in [0.25, 0.3) is 0 Å². The van der Waals surface area contributed by atoms with Gasteiger partial charge in [-0.3, -0.25) is 0 Å². The van der Waals surface area contributed by atoms with E-state index in [2.05, 4.69) is 10.0 Å².